The number of aromatic nitrogens is 2. The van der Waals surface area contributed by atoms with E-state index in [0.29, 0.717) is 16.9 Å². The summed E-state index contributed by atoms with van der Waals surface area (Å²) in [5.74, 6) is -0.182. The third kappa shape index (κ3) is 3.46. The molecule has 164 valence electrons. The van der Waals surface area contributed by atoms with Crippen molar-refractivity contribution in [1.82, 2.24) is 9.55 Å². The van der Waals surface area contributed by atoms with E-state index in [2.05, 4.69) is 4.98 Å². The van der Waals surface area contributed by atoms with Crippen molar-refractivity contribution in [2.75, 3.05) is 6.61 Å². The molecule has 8 nitrogen and oxygen atoms in total. The molecule has 0 unspecified atom stereocenters. The van der Waals surface area contributed by atoms with Crippen LogP contribution in [0, 0.1) is 5.82 Å². The molecular formula is C23H19FN2O6. The number of hydrogen-bond donors (Lipinski definition) is 3. The van der Waals surface area contributed by atoms with Gasteiger partial charge in [0.1, 0.15) is 29.5 Å². The van der Waals surface area contributed by atoms with E-state index in [1.165, 1.54) is 18.3 Å². The van der Waals surface area contributed by atoms with Crippen molar-refractivity contribution < 1.29 is 23.8 Å². The molecule has 3 heterocycles. The minimum Gasteiger partial charge on any atom is -0.456 e. The SMILES string of the molecule is O=c1[nH]c(=O)n([C@H]2C[C@H](O)[C@@H](CO)O2)cc1-c1ccc(-c2cc3ccccc3o2)cc1F. The Morgan fingerprint density at radius 2 is 1.94 bits per heavy atom. The van der Waals surface area contributed by atoms with Crippen LogP contribution < -0.4 is 11.2 Å². The largest absolute Gasteiger partial charge is 0.456 e. The number of nitrogens with one attached hydrogen (secondary N) is 1. The predicted octanol–water partition coefficient (Wildman–Crippen LogP) is 2.40. The number of rotatable bonds is 4. The highest BCUT2D eigenvalue weighted by molar-refractivity contribution is 5.83. The number of nitrogens with zero attached hydrogens (tertiary/aromatic N) is 1. The van der Waals surface area contributed by atoms with E-state index in [1.807, 2.05) is 24.3 Å². The van der Waals surface area contributed by atoms with E-state index in [1.54, 1.807) is 12.1 Å². The maximum absolute atomic E-state index is 15.1. The van der Waals surface area contributed by atoms with Crippen molar-refractivity contribution in [1.29, 1.82) is 0 Å². The van der Waals surface area contributed by atoms with Gasteiger partial charge in [0.05, 0.1) is 18.3 Å². The van der Waals surface area contributed by atoms with E-state index >= 15 is 4.39 Å². The Kier molecular flexibility index (Phi) is 5.01. The van der Waals surface area contributed by atoms with Crippen molar-refractivity contribution in [2.24, 2.45) is 0 Å². The Morgan fingerprint density at radius 3 is 2.66 bits per heavy atom. The molecule has 1 aliphatic rings. The lowest BCUT2D eigenvalue weighted by Crippen LogP contribution is -2.33. The fourth-order valence-corrected chi connectivity index (χ4v) is 3.95. The Labute approximate surface area is 180 Å². The third-order valence-corrected chi connectivity index (χ3v) is 5.63. The van der Waals surface area contributed by atoms with Crippen molar-refractivity contribution in [3.8, 4) is 22.5 Å². The van der Waals surface area contributed by atoms with Crippen LogP contribution >= 0.6 is 0 Å². The maximum Gasteiger partial charge on any atom is 0.330 e. The van der Waals surface area contributed by atoms with Crippen molar-refractivity contribution in [3.63, 3.8) is 0 Å². The van der Waals surface area contributed by atoms with Gasteiger partial charge in [0.2, 0.25) is 0 Å². The average Bonchev–Trinajstić information content (AvgIpc) is 3.37. The molecule has 9 heteroatoms. The van der Waals surface area contributed by atoms with Gasteiger partial charge in [-0.3, -0.25) is 14.3 Å². The number of furan rings is 1. The number of para-hydroxylation sites is 1. The van der Waals surface area contributed by atoms with Gasteiger partial charge in [-0.15, -0.1) is 0 Å². The minimum absolute atomic E-state index is 0.00267. The molecule has 0 aliphatic carbocycles. The molecule has 0 spiro atoms. The number of H-pyrrole nitrogens is 1. The summed E-state index contributed by atoms with van der Waals surface area (Å²) < 4.78 is 27.4. The van der Waals surface area contributed by atoms with E-state index in [9.17, 15) is 19.8 Å². The second kappa shape index (κ2) is 7.86. The lowest BCUT2D eigenvalue weighted by Gasteiger charge is -2.15. The monoisotopic (exact) mass is 438 g/mol. The third-order valence-electron chi connectivity index (χ3n) is 5.63. The molecule has 1 aliphatic heterocycles. The highest BCUT2D eigenvalue weighted by atomic mass is 19.1. The molecule has 0 saturated carbocycles. The van der Waals surface area contributed by atoms with Crippen LogP contribution in [0.3, 0.4) is 0 Å². The summed E-state index contributed by atoms with van der Waals surface area (Å²) in [6.07, 6.45) is -1.46. The molecule has 32 heavy (non-hydrogen) atoms. The summed E-state index contributed by atoms with van der Waals surface area (Å²) in [5, 5.41) is 20.1. The zero-order valence-electron chi connectivity index (χ0n) is 16.7. The van der Waals surface area contributed by atoms with Gasteiger partial charge >= 0.3 is 5.69 Å². The maximum atomic E-state index is 15.1. The van der Waals surface area contributed by atoms with E-state index < -0.39 is 42.1 Å². The second-order valence-electron chi connectivity index (χ2n) is 7.67. The summed E-state index contributed by atoms with van der Waals surface area (Å²) >= 11 is 0. The van der Waals surface area contributed by atoms with Crippen LogP contribution in [0.2, 0.25) is 0 Å². The lowest BCUT2D eigenvalue weighted by atomic mass is 10.0. The number of aliphatic hydroxyl groups is 2. The smallest absolute Gasteiger partial charge is 0.330 e. The molecular weight excluding hydrogens is 419 g/mol. The zero-order chi connectivity index (χ0) is 22.4. The van der Waals surface area contributed by atoms with Crippen LogP contribution in [0.4, 0.5) is 4.39 Å². The summed E-state index contributed by atoms with van der Waals surface area (Å²) in [6, 6.07) is 13.6. The molecule has 3 N–H and O–H groups in total. The first-order valence-electron chi connectivity index (χ1n) is 10.0. The topological polar surface area (TPSA) is 118 Å². The van der Waals surface area contributed by atoms with Gasteiger partial charge in [-0.25, -0.2) is 9.18 Å². The first-order chi connectivity index (χ1) is 15.4. The number of aromatic amines is 1. The Balaban J connectivity index is 1.53. The number of aliphatic hydroxyl groups excluding tert-OH is 2. The van der Waals surface area contributed by atoms with Crippen LogP contribution in [0.15, 0.2) is 68.7 Å². The quantitative estimate of drug-likeness (QED) is 0.450. The second-order valence-corrected chi connectivity index (χ2v) is 7.67. The lowest BCUT2D eigenvalue weighted by molar-refractivity contribution is -0.0458. The highest BCUT2D eigenvalue weighted by Crippen LogP contribution is 2.32. The molecule has 0 radical (unpaired) electrons. The van der Waals surface area contributed by atoms with Gasteiger partial charge in [0.25, 0.3) is 5.56 Å². The number of benzene rings is 2. The summed E-state index contributed by atoms with van der Waals surface area (Å²) in [4.78, 5) is 26.9. The first-order valence-corrected chi connectivity index (χ1v) is 10.0. The fraction of sp³-hybridized carbons (Fsp3) is 0.217. The Bertz CT molecular complexity index is 1390. The molecule has 2 aromatic carbocycles. The Hall–Kier alpha value is -3.53. The van der Waals surface area contributed by atoms with Crippen LogP contribution in [0.25, 0.3) is 33.4 Å². The van der Waals surface area contributed by atoms with Crippen molar-refractivity contribution in [3.05, 3.63) is 81.4 Å². The first kappa shape index (κ1) is 20.4. The molecule has 4 aromatic rings. The fourth-order valence-electron chi connectivity index (χ4n) is 3.95. The molecule has 1 fully saturated rings. The van der Waals surface area contributed by atoms with Crippen molar-refractivity contribution in [2.45, 2.75) is 24.9 Å². The molecule has 0 amide bonds. The van der Waals surface area contributed by atoms with E-state index in [0.717, 1.165) is 9.95 Å². The van der Waals surface area contributed by atoms with Crippen LogP contribution in [-0.2, 0) is 4.74 Å². The van der Waals surface area contributed by atoms with Gasteiger partial charge in [0, 0.05) is 29.1 Å². The summed E-state index contributed by atoms with van der Waals surface area (Å²) in [5.41, 5.74) is -0.399. The van der Waals surface area contributed by atoms with Gasteiger partial charge in [0.15, 0.2) is 0 Å². The average molecular weight is 438 g/mol. The van der Waals surface area contributed by atoms with Gasteiger partial charge in [-0.05, 0) is 18.2 Å². The van der Waals surface area contributed by atoms with Gasteiger partial charge in [-0.2, -0.15) is 0 Å². The van der Waals surface area contributed by atoms with Crippen LogP contribution in [-0.4, -0.2) is 38.6 Å². The number of hydrogen-bond acceptors (Lipinski definition) is 6. The molecule has 1 saturated heterocycles. The minimum atomic E-state index is -0.966. The zero-order valence-corrected chi connectivity index (χ0v) is 16.7. The van der Waals surface area contributed by atoms with Crippen LogP contribution in [0.1, 0.15) is 12.6 Å². The van der Waals surface area contributed by atoms with E-state index in [4.69, 9.17) is 9.15 Å². The van der Waals surface area contributed by atoms with Gasteiger partial charge < -0.3 is 19.4 Å². The summed E-state index contributed by atoms with van der Waals surface area (Å²) in [6.45, 7) is -0.416. The van der Waals surface area contributed by atoms with Gasteiger partial charge in [-0.1, -0.05) is 30.3 Å². The number of ether oxygens (including phenoxy) is 1. The normalized spacial score (nSPS) is 20.8. The summed E-state index contributed by atoms with van der Waals surface area (Å²) in [7, 11) is 0. The molecule has 5 rings (SSSR count). The molecule has 3 atom stereocenters. The number of fused-ring (bicyclic) bond motifs is 1. The molecule has 0 bridgehead atoms. The number of halogens is 1. The predicted molar refractivity (Wildman–Crippen MR) is 114 cm³/mol. The van der Waals surface area contributed by atoms with Crippen LogP contribution in [0.5, 0.6) is 0 Å². The standard InChI is InChI=1S/C23H19FN2O6/c24-16-7-13(19-8-12-3-1-2-4-18(12)31-19)5-6-14(16)15-10-26(23(30)25-22(15)29)21-9-17(28)20(11-27)32-21/h1-8,10,17,20-21,27-28H,9,11H2,(H,25,29,30)/t17-,20+,21+/m0/s1. The Morgan fingerprint density at radius 1 is 1.12 bits per heavy atom. The highest BCUT2D eigenvalue weighted by Gasteiger charge is 2.35. The van der Waals surface area contributed by atoms with Crippen molar-refractivity contribution >= 4 is 11.0 Å². The van der Waals surface area contributed by atoms with E-state index in [-0.39, 0.29) is 17.5 Å². The molecule has 2 aromatic heterocycles.